The average molecular weight is 276 g/mol. The summed E-state index contributed by atoms with van der Waals surface area (Å²) in [5.41, 5.74) is 6.92. The van der Waals surface area contributed by atoms with Crippen LogP contribution >= 0.6 is 0 Å². The fourth-order valence-corrected chi connectivity index (χ4v) is 6.44. The lowest BCUT2D eigenvalue weighted by atomic mass is 9.49. The molecule has 2 nitrogen and oxygen atoms in total. The third-order valence-corrected chi connectivity index (χ3v) is 7.18. The molecule has 2 N–H and O–H groups in total. The fraction of sp³-hybridized carbons (Fsp3) is 1.00. The van der Waals surface area contributed by atoms with Gasteiger partial charge in [0.2, 0.25) is 0 Å². The van der Waals surface area contributed by atoms with Crippen LogP contribution in [0.3, 0.4) is 0 Å². The van der Waals surface area contributed by atoms with E-state index in [0.29, 0.717) is 12.0 Å². The van der Waals surface area contributed by atoms with Gasteiger partial charge in [-0.15, -0.1) is 0 Å². The standard InChI is InChI=1S/C18H32N2/c1-13-12-20(4-2-17(13)19)5-3-18-9-14-6-15(10-18)8-16(7-14)11-18/h13-17H,2-12,19H2,1H3. The highest BCUT2D eigenvalue weighted by Crippen LogP contribution is 2.61. The number of likely N-dealkylation sites (tertiary alicyclic amines) is 1. The van der Waals surface area contributed by atoms with E-state index in [2.05, 4.69) is 11.8 Å². The first-order valence-electron chi connectivity index (χ1n) is 9.10. The predicted octanol–water partition coefficient (Wildman–Crippen LogP) is 3.26. The molecule has 2 unspecified atom stereocenters. The maximum absolute atomic E-state index is 6.16. The number of piperidine rings is 1. The zero-order valence-electron chi connectivity index (χ0n) is 13.2. The van der Waals surface area contributed by atoms with Gasteiger partial charge in [-0.05, 0) is 93.5 Å². The first-order valence-corrected chi connectivity index (χ1v) is 9.10. The minimum Gasteiger partial charge on any atom is -0.327 e. The third kappa shape index (κ3) is 2.43. The molecule has 0 spiro atoms. The van der Waals surface area contributed by atoms with Crippen molar-refractivity contribution in [3.63, 3.8) is 0 Å². The summed E-state index contributed by atoms with van der Waals surface area (Å²) < 4.78 is 0. The first kappa shape index (κ1) is 13.6. The molecule has 4 bridgehead atoms. The van der Waals surface area contributed by atoms with Crippen LogP contribution in [0, 0.1) is 29.1 Å². The van der Waals surface area contributed by atoms with Gasteiger partial charge in [-0.1, -0.05) is 6.92 Å². The first-order chi connectivity index (χ1) is 9.62. The summed E-state index contributed by atoms with van der Waals surface area (Å²) in [7, 11) is 0. The normalized spacial score (nSPS) is 51.6. The van der Waals surface area contributed by atoms with Crippen LogP contribution in [-0.2, 0) is 0 Å². The van der Waals surface area contributed by atoms with Gasteiger partial charge in [0.05, 0.1) is 0 Å². The van der Waals surface area contributed by atoms with Crippen molar-refractivity contribution < 1.29 is 0 Å². The van der Waals surface area contributed by atoms with Crippen molar-refractivity contribution in [2.24, 2.45) is 34.8 Å². The van der Waals surface area contributed by atoms with Crippen molar-refractivity contribution in [1.82, 2.24) is 4.90 Å². The van der Waals surface area contributed by atoms with E-state index in [0.717, 1.165) is 23.2 Å². The summed E-state index contributed by atoms with van der Waals surface area (Å²) in [6.07, 6.45) is 12.1. The predicted molar refractivity (Wildman–Crippen MR) is 83.4 cm³/mol. The number of nitrogens with two attached hydrogens (primary N) is 1. The Morgan fingerprint density at radius 3 is 2.20 bits per heavy atom. The Morgan fingerprint density at radius 2 is 1.65 bits per heavy atom. The summed E-state index contributed by atoms with van der Waals surface area (Å²) in [4.78, 5) is 2.71. The van der Waals surface area contributed by atoms with Crippen molar-refractivity contribution in [2.75, 3.05) is 19.6 Å². The van der Waals surface area contributed by atoms with E-state index < -0.39 is 0 Å². The molecule has 0 amide bonds. The SMILES string of the molecule is CC1CN(CCC23CC4CC(CC(C4)C2)C3)CCC1N. The Kier molecular flexibility index (Phi) is 3.38. The van der Waals surface area contributed by atoms with Crippen molar-refractivity contribution in [3.8, 4) is 0 Å². The van der Waals surface area contributed by atoms with E-state index in [1.165, 1.54) is 32.5 Å². The summed E-state index contributed by atoms with van der Waals surface area (Å²) in [6.45, 7) is 6.18. The number of hydrogen-bond acceptors (Lipinski definition) is 2. The molecule has 114 valence electrons. The van der Waals surface area contributed by atoms with Gasteiger partial charge in [-0.3, -0.25) is 0 Å². The second kappa shape index (κ2) is 4.98. The minimum absolute atomic E-state index is 0.450. The maximum Gasteiger partial charge on any atom is 0.00889 e. The van der Waals surface area contributed by atoms with E-state index in [1.54, 1.807) is 38.5 Å². The van der Waals surface area contributed by atoms with Crippen LogP contribution in [0.2, 0.25) is 0 Å². The van der Waals surface area contributed by atoms with Crippen LogP contribution in [-0.4, -0.2) is 30.6 Å². The quantitative estimate of drug-likeness (QED) is 0.857. The molecule has 5 aliphatic rings. The second-order valence-corrected chi connectivity index (χ2v) is 8.90. The van der Waals surface area contributed by atoms with E-state index in [1.807, 2.05) is 0 Å². The van der Waals surface area contributed by atoms with Crippen LogP contribution in [0.15, 0.2) is 0 Å². The largest absolute Gasteiger partial charge is 0.327 e. The average Bonchev–Trinajstić information content (AvgIpc) is 2.39. The van der Waals surface area contributed by atoms with E-state index in [-0.39, 0.29) is 0 Å². The zero-order valence-corrected chi connectivity index (χ0v) is 13.2. The van der Waals surface area contributed by atoms with Crippen molar-refractivity contribution in [2.45, 2.75) is 64.3 Å². The van der Waals surface area contributed by atoms with Gasteiger partial charge in [-0.25, -0.2) is 0 Å². The van der Waals surface area contributed by atoms with Gasteiger partial charge in [0.1, 0.15) is 0 Å². The Bertz CT molecular complexity index is 329. The van der Waals surface area contributed by atoms with E-state index in [4.69, 9.17) is 5.73 Å². The molecule has 4 aliphatic carbocycles. The molecule has 2 heteroatoms. The monoisotopic (exact) mass is 276 g/mol. The summed E-state index contributed by atoms with van der Waals surface area (Å²) in [5.74, 6) is 4.01. The lowest BCUT2D eigenvalue weighted by Gasteiger charge is -2.57. The van der Waals surface area contributed by atoms with Crippen LogP contribution in [0.4, 0.5) is 0 Å². The number of hydrogen-bond donors (Lipinski definition) is 1. The Balaban J connectivity index is 1.35. The Hall–Kier alpha value is -0.0800. The Morgan fingerprint density at radius 1 is 1.05 bits per heavy atom. The number of rotatable bonds is 3. The van der Waals surface area contributed by atoms with Crippen LogP contribution in [0.25, 0.3) is 0 Å². The molecule has 5 fully saturated rings. The fourth-order valence-electron chi connectivity index (χ4n) is 6.44. The molecule has 1 saturated heterocycles. The molecule has 1 heterocycles. The van der Waals surface area contributed by atoms with Gasteiger partial charge in [0.15, 0.2) is 0 Å². The summed E-state index contributed by atoms with van der Waals surface area (Å²) in [5, 5.41) is 0. The number of nitrogens with zero attached hydrogens (tertiary/aromatic N) is 1. The molecule has 2 atom stereocenters. The molecule has 0 aromatic rings. The highest BCUT2D eigenvalue weighted by Gasteiger charge is 2.50. The molecule has 1 aliphatic heterocycles. The highest BCUT2D eigenvalue weighted by atomic mass is 15.1. The van der Waals surface area contributed by atoms with Crippen molar-refractivity contribution in [3.05, 3.63) is 0 Å². The second-order valence-electron chi connectivity index (χ2n) is 8.90. The highest BCUT2D eigenvalue weighted by molar-refractivity contribution is 5.01. The van der Waals surface area contributed by atoms with Gasteiger partial charge < -0.3 is 10.6 Å². The molecule has 5 rings (SSSR count). The lowest BCUT2D eigenvalue weighted by Crippen LogP contribution is -2.49. The topological polar surface area (TPSA) is 29.3 Å². The summed E-state index contributed by atoms with van der Waals surface area (Å²) >= 11 is 0. The lowest BCUT2D eigenvalue weighted by molar-refractivity contribution is -0.0622. The molecular formula is C18H32N2. The van der Waals surface area contributed by atoms with Crippen LogP contribution < -0.4 is 5.73 Å². The van der Waals surface area contributed by atoms with Crippen molar-refractivity contribution >= 4 is 0 Å². The third-order valence-electron chi connectivity index (χ3n) is 7.18. The minimum atomic E-state index is 0.450. The molecule has 0 aromatic heterocycles. The van der Waals surface area contributed by atoms with E-state index >= 15 is 0 Å². The van der Waals surface area contributed by atoms with Gasteiger partial charge in [0.25, 0.3) is 0 Å². The molecular weight excluding hydrogens is 244 g/mol. The van der Waals surface area contributed by atoms with Crippen molar-refractivity contribution in [1.29, 1.82) is 0 Å². The van der Waals surface area contributed by atoms with Gasteiger partial charge >= 0.3 is 0 Å². The summed E-state index contributed by atoms with van der Waals surface area (Å²) in [6, 6.07) is 0.450. The maximum atomic E-state index is 6.16. The molecule has 20 heavy (non-hydrogen) atoms. The van der Waals surface area contributed by atoms with E-state index in [9.17, 15) is 0 Å². The molecule has 4 saturated carbocycles. The van der Waals surface area contributed by atoms with Gasteiger partial charge in [0, 0.05) is 12.6 Å². The van der Waals surface area contributed by atoms with Gasteiger partial charge in [-0.2, -0.15) is 0 Å². The molecule has 0 aromatic carbocycles. The van der Waals surface area contributed by atoms with Crippen LogP contribution in [0.1, 0.15) is 58.3 Å². The zero-order chi connectivity index (χ0) is 13.7. The molecule has 0 radical (unpaired) electrons. The smallest absolute Gasteiger partial charge is 0.00889 e. The van der Waals surface area contributed by atoms with Crippen LogP contribution in [0.5, 0.6) is 0 Å². The Labute approximate surface area is 124 Å².